The van der Waals surface area contributed by atoms with Crippen molar-refractivity contribution in [1.82, 2.24) is 5.32 Å². The largest absolute Gasteiger partial charge is 0.468 e. The predicted octanol–water partition coefficient (Wildman–Crippen LogP) is 1.72. The van der Waals surface area contributed by atoms with Crippen molar-refractivity contribution in [2.24, 2.45) is 0 Å². The Balaban J connectivity index is 2.31. The van der Waals surface area contributed by atoms with E-state index in [-0.39, 0.29) is 18.1 Å². The van der Waals surface area contributed by atoms with Gasteiger partial charge in [-0.05, 0) is 17.7 Å². The third kappa shape index (κ3) is 4.39. The van der Waals surface area contributed by atoms with E-state index >= 15 is 0 Å². The predicted molar refractivity (Wildman–Crippen MR) is 90.4 cm³/mol. The first-order valence-corrected chi connectivity index (χ1v) is 8.30. The number of rotatable bonds is 5. The Kier molecular flexibility index (Phi) is 6.19. The van der Waals surface area contributed by atoms with Crippen molar-refractivity contribution in [3.63, 3.8) is 0 Å². The van der Waals surface area contributed by atoms with E-state index in [2.05, 4.69) is 20.9 Å². The number of carbonyl (C=O) groups excluding carboxylic acids is 3. The van der Waals surface area contributed by atoms with Crippen LogP contribution in [0.25, 0.3) is 0 Å². The summed E-state index contributed by atoms with van der Waals surface area (Å²) >= 11 is 1.05. The smallest absolute Gasteiger partial charge is 0.337 e. The maximum atomic E-state index is 12.0. The molecule has 1 aliphatic rings. The van der Waals surface area contributed by atoms with Gasteiger partial charge in [0, 0.05) is 12.3 Å². The van der Waals surface area contributed by atoms with Gasteiger partial charge in [-0.2, -0.15) is 5.26 Å². The molecule has 1 aliphatic heterocycles. The molecule has 0 saturated carbocycles. The van der Waals surface area contributed by atoms with Crippen molar-refractivity contribution >= 4 is 29.6 Å². The minimum absolute atomic E-state index is 0.00864. The van der Waals surface area contributed by atoms with Gasteiger partial charge in [-0.15, -0.1) is 0 Å². The number of nitrogens with zero attached hydrogens (tertiary/aromatic N) is 1. The summed E-state index contributed by atoms with van der Waals surface area (Å²) in [6, 6.07) is 8.67. The molecule has 1 aromatic carbocycles. The number of benzene rings is 1. The Morgan fingerprint density at radius 3 is 2.52 bits per heavy atom. The Morgan fingerprint density at radius 1 is 1.28 bits per heavy atom. The lowest BCUT2D eigenvalue weighted by atomic mass is 9.87. The summed E-state index contributed by atoms with van der Waals surface area (Å²) in [7, 11) is 2.57. The Labute approximate surface area is 149 Å². The van der Waals surface area contributed by atoms with Crippen LogP contribution in [0.5, 0.6) is 0 Å². The monoisotopic (exact) mass is 360 g/mol. The number of methoxy groups -OCH3 is 2. The van der Waals surface area contributed by atoms with E-state index in [1.54, 1.807) is 24.3 Å². The third-order valence-corrected chi connectivity index (χ3v) is 4.64. The molecule has 0 fully saturated rings. The lowest BCUT2D eigenvalue weighted by molar-refractivity contribution is -0.137. The number of nitriles is 1. The molecule has 0 aromatic heterocycles. The first-order valence-electron chi connectivity index (χ1n) is 7.32. The lowest BCUT2D eigenvalue weighted by Gasteiger charge is -2.25. The summed E-state index contributed by atoms with van der Waals surface area (Å²) in [6.07, 6.45) is 0.114. The van der Waals surface area contributed by atoms with Gasteiger partial charge >= 0.3 is 11.9 Å². The molecule has 1 atom stereocenters. The fraction of sp³-hybridized carbons (Fsp3) is 0.294. The van der Waals surface area contributed by atoms with Gasteiger partial charge in [0.1, 0.15) is 0 Å². The molecule has 1 heterocycles. The molecular formula is C17H16N2O5S. The number of amides is 1. The van der Waals surface area contributed by atoms with Crippen molar-refractivity contribution in [3.8, 4) is 6.07 Å². The van der Waals surface area contributed by atoms with Crippen molar-refractivity contribution in [3.05, 3.63) is 46.0 Å². The molecule has 25 heavy (non-hydrogen) atoms. The number of nitrogens with one attached hydrogen (secondary N) is 1. The normalized spacial score (nSPS) is 16.7. The highest BCUT2D eigenvalue weighted by Gasteiger charge is 2.30. The molecule has 1 N–H and O–H groups in total. The van der Waals surface area contributed by atoms with E-state index < -0.39 is 17.9 Å². The molecule has 1 amide bonds. The van der Waals surface area contributed by atoms with E-state index in [4.69, 9.17) is 0 Å². The van der Waals surface area contributed by atoms with Crippen LogP contribution in [-0.2, 0) is 19.1 Å². The van der Waals surface area contributed by atoms with E-state index in [9.17, 15) is 19.6 Å². The maximum Gasteiger partial charge on any atom is 0.337 e. The molecule has 0 radical (unpaired) electrons. The molecule has 2 rings (SSSR count). The zero-order valence-corrected chi connectivity index (χ0v) is 14.5. The molecule has 0 aliphatic carbocycles. The second kappa shape index (κ2) is 8.35. The number of ether oxygens (including phenoxy) is 2. The standard InChI is InChI=1S/C17H16N2O5S/c1-23-15(21)9-25-16-13(8-18)12(7-14(20)19-16)10-3-5-11(6-4-10)17(22)24-2/h3-6,12H,7,9H2,1-2H3,(H,19,20)/t12-/m1/s1. The Bertz CT molecular complexity index is 764. The minimum Gasteiger partial charge on any atom is -0.468 e. The molecular weight excluding hydrogens is 344 g/mol. The van der Waals surface area contributed by atoms with Gasteiger partial charge < -0.3 is 14.8 Å². The first kappa shape index (κ1) is 18.5. The summed E-state index contributed by atoms with van der Waals surface area (Å²) in [5, 5.41) is 12.5. The molecule has 8 heteroatoms. The topological polar surface area (TPSA) is 105 Å². The van der Waals surface area contributed by atoms with Crippen LogP contribution < -0.4 is 5.32 Å². The number of carbonyl (C=O) groups is 3. The van der Waals surface area contributed by atoms with Crippen molar-refractivity contribution in [2.75, 3.05) is 20.0 Å². The first-order chi connectivity index (χ1) is 12.0. The molecule has 0 saturated heterocycles. The van der Waals surface area contributed by atoms with Crippen LogP contribution in [-0.4, -0.2) is 37.8 Å². The van der Waals surface area contributed by atoms with Gasteiger partial charge in [0.2, 0.25) is 5.91 Å². The van der Waals surface area contributed by atoms with E-state index in [1.807, 2.05) is 0 Å². The number of allylic oxidation sites excluding steroid dienone is 1. The molecule has 0 bridgehead atoms. The van der Waals surface area contributed by atoms with E-state index in [1.165, 1.54) is 14.2 Å². The van der Waals surface area contributed by atoms with Gasteiger partial charge in [-0.25, -0.2) is 4.79 Å². The maximum absolute atomic E-state index is 12.0. The molecule has 7 nitrogen and oxygen atoms in total. The van der Waals surface area contributed by atoms with Crippen LogP contribution in [0.4, 0.5) is 0 Å². The van der Waals surface area contributed by atoms with Gasteiger partial charge in [0.25, 0.3) is 0 Å². The van der Waals surface area contributed by atoms with Crippen molar-refractivity contribution in [2.45, 2.75) is 12.3 Å². The summed E-state index contributed by atoms with van der Waals surface area (Å²) < 4.78 is 9.22. The van der Waals surface area contributed by atoms with Crippen LogP contribution in [0.3, 0.4) is 0 Å². The highest BCUT2D eigenvalue weighted by Crippen LogP contribution is 2.36. The number of thioether (sulfide) groups is 1. The zero-order chi connectivity index (χ0) is 18.4. The SMILES string of the molecule is COC(=O)CSC1=C(C#N)[C@@H](c2ccc(C(=O)OC)cc2)CC(=O)N1. The van der Waals surface area contributed by atoms with Crippen molar-refractivity contribution < 1.29 is 23.9 Å². The van der Waals surface area contributed by atoms with Crippen LogP contribution >= 0.6 is 11.8 Å². The minimum atomic E-state index is -0.460. The summed E-state index contributed by atoms with van der Waals surface area (Å²) in [5.74, 6) is -1.60. The van der Waals surface area contributed by atoms with E-state index in [0.29, 0.717) is 16.2 Å². The van der Waals surface area contributed by atoms with Gasteiger partial charge in [0.05, 0.1) is 42.2 Å². The fourth-order valence-electron chi connectivity index (χ4n) is 2.38. The van der Waals surface area contributed by atoms with E-state index in [0.717, 1.165) is 17.3 Å². The zero-order valence-electron chi connectivity index (χ0n) is 13.7. The summed E-state index contributed by atoms with van der Waals surface area (Å²) in [4.78, 5) is 34.8. The Morgan fingerprint density at radius 2 is 1.96 bits per heavy atom. The molecule has 1 aromatic rings. The molecule has 0 spiro atoms. The van der Waals surface area contributed by atoms with Crippen LogP contribution in [0.15, 0.2) is 34.9 Å². The fourth-order valence-corrected chi connectivity index (χ4v) is 3.29. The average Bonchev–Trinajstić information content (AvgIpc) is 2.64. The summed E-state index contributed by atoms with van der Waals surface area (Å²) in [6.45, 7) is 0. The number of hydrogen-bond acceptors (Lipinski definition) is 7. The average molecular weight is 360 g/mol. The molecule has 130 valence electrons. The van der Waals surface area contributed by atoms with Crippen LogP contribution in [0, 0.1) is 11.3 Å². The third-order valence-electron chi connectivity index (χ3n) is 3.65. The summed E-state index contributed by atoms with van der Waals surface area (Å²) in [5.41, 5.74) is 1.49. The van der Waals surface area contributed by atoms with Crippen molar-refractivity contribution in [1.29, 1.82) is 5.26 Å². The van der Waals surface area contributed by atoms with Gasteiger partial charge in [-0.1, -0.05) is 23.9 Å². The quantitative estimate of drug-likeness (QED) is 0.797. The Hall–Kier alpha value is -2.79. The van der Waals surface area contributed by atoms with Gasteiger partial charge in [-0.3, -0.25) is 9.59 Å². The van der Waals surface area contributed by atoms with Gasteiger partial charge in [0.15, 0.2) is 0 Å². The second-order valence-corrected chi connectivity index (χ2v) is 6.12. The second-order valence-electron chi connectivity index (χ2n) is 5.14. The number of esters is 2. The number of hydrogen-bond donors (Lipinski definition) is 1. The van der Waals surface area contributed by atoms with Crippen LogP contribution in [0.1, 0.15) is 28.3 Å². The highest BCUT2D eigenvalue weighted by molar-refractivity contribution is 8.03. The highest BCUT2D eigenvalue weighted by atomic mass is 32.2. The molecule has 0 unspecified atom stereocenters. The lowest BCUT2D eigenvalue weighted by Crippen LogP contribution is -2.31. The van der Waals surface area contributed by atoms with Crippen LogP contribution in [0.2, 0.25) is 0 Å².